The van der Waals surface area contributed by atoms with Gasteiger partial charge in [-0.1, -0.05) is 35.3 Å². The number of aromatic nitrogens is 2. The standard InChI is InChI=1S/C27H23Cl2F3N4O2/c1-34(25(38)18-5-2-6-19(15-18)27(30,31)32)13-4-14-35-24-21(29)7-3-8-22(24)36(26(35)33)16-23(37)17-9-11-20(28)12-10-17/h2-3,5-12,15,33H,4,13-14,16H2,1H3. The Kier molecular flexibility index (Phi) is 7.99. The molecular formula is C27H23Cl2F3N4O2. The Morgan fingerprint density at radius 1 is 0.947 bits per heavy atom. The quantitative estimate of drug-likeness (QED) is 0.256. The van der Waals surface area contributed by atoms with Gasteiger partial charge in [-0.05, 0) is 61.0 Å². The summed E-state index contributed by atoms with van der Waals surface area (Å²) < 4.78 is 42.3. The van der Waals surface area contributed by atoms with Gasteiger partial charge >= 0.3 is 6.18 Å². The van der Waals surface area contributed by atoms with E-state index in [-0.39, 0.29) is 30.1 Å². The van der Waals surface area contributed by atoms with Crippen LogP contribution < -0.4 is 5.62 Å². The highest BCUT2D eigenvalue weighted by Crippen LogP contribution is 2.30. The fourth-order valence-corrected chi connectivity index (χ4v) is 4.62. The first-order chi connectivity index (χ1) is 18.0. The fourth-order valence-electron chi connectivity index (χ4n) is 4.22. The van der Waals surface area contributed by atoms with Crippen LogP contribution in [0.1, 0.15) is 32.7 Å². The first kappa shape index (κ1) is 27.5. The molecule has 0 radical (unpaired) electrons. The van der Waals surface area contributed by atoms with E-state index in [1.54, 1.807) is 51.6 Å². The van der Waals surface area contributed by atoms with E-state index in [1.165, 1.54) is 24.1 Å². The lowest BCUT2D eigenvalue weighted by atomic mass is 10.1. The number of ketones is 1. The lowest BCUT2D eigenvalue weighted by Gasteiger charge is -2.18. The molecule has 0 bridgehead atoms. The monoisotopic (exact) mass is 562 g/mol. The summed E-state index contributed by atoms with van der Waals surface area (Å²) in [6, 6.07) is 16.0. The number of hydrogen-bond donors (Lipinski definition) is 1. The highest BCUT2D eigenvalue weighted by Gasteiger charge is 2.31. The van der Waals surface area contributed by atoms with Crippen molar-refractivity contribution >= 4 is 45.9 Å². The van der Waals surface area contributed by atoms with Gasteiger partial charge in [0.2, 0.25) is 5.62 Å². The Bertz CT molecular complexity index is 1560. The van der Waals surface area contributed by atoms with Crippen LogP contribution in [0.4, 0.5) is 13.2 Å². The molecular weight excluding hydrogens is 540 g/mol. The Labute approximate surface area is 226 Å². The first-order valence-corrected chi connectivity index (χ1v) is 12.4. The molecule has 0 saturated heterocycles. The number of fused-ring (bicyclic) bond motifs is 1. The molecule has 6 nitrogen and oxygen atoms in total. The lowest BCUT2D eigenvalue weighted by Crippen LogP contribution is -2.31. The van der Waals surface area contributed by atoms with Gasteiger partial charge < -0.3 is 14.0 Å². The molecule has 38 heavy (non-hydrogen) atoms. The molecule has 198 valence electrons. The molecule has 0 aliphatic carbocycles. The van der Waals surface area contributed by atoms with Crippen molar-refractivity contribution in [3.8, 4) is 0 Å². The molecule has 11 heteroatoms. The number of rotatable bonds is 8. The molecule has 0 fully saturated rings. The number of halogens is 5. The van der Waals surface area contributed by atoms with Gasteiger partial charge in [0.15, 0.2) is 5.78 Å². The number of benzene rings is 3. The van der Waals surface area contributed by atoms with E-state index in [2.05, 4.69) is 0 Å². The predicted octanol–water partition coefficient (Wildman–Crippen LogP) is 6.29. The topological polar surface area (TPSA) is 71.1 Å². The van der Waals surface area contributed by atoms with E-state index in [1.807, 2.05) is 0 Å². The van der Waals surface area contributed by atoms with Crippen molar-refractivity contribution in [2.24, 2.45) is 0 Å². The Morgan fingerprint density at radius 2 is 1.63 bits per heavy atom. The molecule has 0 saturated carbocycles. The maximum absolute atomic E-state index is 13.0. The number of Topliss-reactive ketones (excluding diaryl/α,β-unsaturated/α-hetero) is 1. The van der Waals surface area contributed by atoms with Crippen molar-refractivity contribution < 1.29 is 22.8 Å². The number of hydrogen-bond acceptors (Lipinski definition) is 3. The summed E-state index contributed by atoms with van der Waals surface area (Å²) in [5.74, 6) is -0.744. The zero-order valence-corrected chi connectivity index (χ0v) is 21.7. The van der Waals surface area contributed by atoms with E-state index >= 15 is 0 Å². The Balaban J connectivity index is 1.52. The van der Waals surface area contributed by atoms with Crippen molar-refractivity contribution in [2.45, 2.75) is 25.7 Å². The third kappa shape index (κ3) is 5.79. The maximum atomic E-state index is 13.0. The number of imidazole rings is 1. The average molecular weight is 563 g/mol. The van der Waals surface area contributed by atoms with Crippen LogP contribution in [0.15, 0.2) is 66.7 Å². The molecule has 0 aliphatic heterocycles. The summed E-state index contributed by atoms with van der Waals surface area (Å²) in [5, 5.41) is 9.67. The van der Waals surface area contributed by atoms with Crippen molar-refractivity contribution in [1.29, 1.82) is 5.41 Å². The van der Waals surface area contributed by atoms with Crippen LogP contribution in [0.5, 0.6) is 0 Å². The molecule has 1 heterocycles. The largest absolute Gasteiger partial charge is 0.416 e. The molecule has 1 amide bonds. The van der Waals surface area contributed by atoms with E-state index in [0.29, 0.717) is 39.6 Å². The lowest BCUT2D eigenvalue weighted by molar-refractivity contribution is -0.137. The highest BCUT2D eigenvalue weighted by atomic mass is 35.5. The number of carbonyl (C=O) groups excluding carboxylic acids is 2. The van der Waals surface area contributed by atoms with Crippen LogP contribution in [0.25, 0.3) is 11.0 Å². The number of nitrogens with one attached hydrogen (secondary N) is 1. The number of alkyl halides is 3. The van der Waals surface area contributed by atoms with Gasteiger partial charge in [-0.15, -0.1) is 0 Å². The highest BCUT2D eigenvalue weighted by molar-refractivity contribution is 6.35. The van der Waals surface area contributed by atoms with Gasteiger partial charge in [0.25, 0.3) is 5.91 Å². The van der Waals surface area contributed by atoms with Gasteiger partial charge in [-0.3, -0.25) is 15.0 Å². The maximum Gasteiger partial charge on any atom is 0.416 e. The predicted molar refractivity (Wildman–Crippen MR) is 140 cm³/mol. The zero-order chi connectivity index (χ0) is 27.6. The van der Waals surface area contributed by atoms with Gasteiger partial charge in [0.05, 0.1) is 28.2 Å². The van der Waals surface area contributed by atoms with E-state index in [4.69, 9.17) is 28.6 Å². The molecule has 4 aromatic rings. The Hall–Kier alpha value is -3.56. The fraction of sp³-hybridized carbons (Fsp3) is 0.222. The minimum Gasteiger partial charge on any atom is -0.342 e. The average Bonchev–Trinajstić information content (AvgIpc) is 3.15. The van der Waals surface area contributed by atoms with Crippen LogP contribution in [0.2, 0.25) is 10.0 Å². The zero-order valence-electron chi connectivity index (χ0n) is 20.2. The first-order valence-electron chi connectivity index (χ1n) is 11.6. The molecule has 1 aromatic heterocycles. The second kappa shape index (κ2) is 11.0. The summed E-state index contributed by atoms with van der Waals surface area (Å²) in [5.41, 5.74) is 0.757. The minimum atomic E-state index is -4.54. The van der Waals surface area contributed by atoms with Crippen LogP contribution >= 0.6 is 23.2 Å². The van der Waals surface area contributed by atoms with Crippen LogP contribution in [-0.4, -0.2) is 39.3 Å². The third-order valence-electron chi connectivity index (χ3n) is 6.16. The number of nitrogens with zero attached hydrogens (tertiary/aromatic N) is 3. The molecule has 0 spiro atoms. The number of amides is 1. The van der Waals surface area contributed by atoms with E-state index in [0.717, 1.165) is 12.1 Å². The minimum absolute atomic E-state index is 0.0577. The number of carbonyl (C=O) groups is 2. The molecule has 4 rings (SSSR count). The van der Waals surface area contributed by atoms with Gasteiger partial charge in [0.1, 0.15) is 0 Å². The molecule has 0 atom stereocenters. The Morgan fingerprint density at radius 3 is 2.32 bits per heavy atom. The van der Waals surface area contributed by atoms with Gasteiger partial charge in [-0.2, -0.15) is 13.2 Å². The van der Waals surface area contributed by atoms with Crippen molar-refractivity contribution in [3.63, 3.8) is 0 Å². The second-order valence-electron chi connectivity index (χ2n) is 8.76. The molecule has 1 N–H and O–H groups in total. The summed E-state index contributed by atoms with van der Waals surface area (Å²) in [6.45, 7) is 0.433. The summed E-state index contributed by atoms with van der Waals surface area (Å²) in [4.78, 5) is 27.0. The number of para-hydroxylation sites is 1. The molecule has 0 aliphatic rings. The molecule has 3 aromatic carbocycles. The van der Waals surface area contributed by atoms with Gasteiger partial charge in [-0.25, -0.2) is 0 Å². The third-order valence-corrected chi connectivity index (χ3v) is 6.72. The van der Waals surface area contributed by atoms with E-state index < -0.39 is 17.6 Å². The van der Waals surface area contributed by atoms with Crippen LogP contribution in [0.3, 0.4) is 0 Å². The summed E-state index contributed by atoms with van der Waals surface area (Å²) in [6.07, 6.45) is -4.15. The van der Waals surface area contributed by atoms with Crippen molar-refractivity contribution in [3.05, 3.63) is 99.1 Å². The number of aryl methyl sites for hydroxylation is 1. The SMILES string of the molecule is CN(CCCn1c(=N)n(CC(=O)c2ccc(Cl)cc2)c2cccc(Cl)c21)C(=O)c1cccc(C(F)(F)F)c1. The van der Waals surface area contributed by atoms with Crippen molar-refractivity contribution in [2.75, 3.05) is 13.6 Å². The normalized spacial score (nSPS) is 11.6. The van der Waals surface area contributed by atoms with Crippen LogP contribution in [0, 0.1) is 5.41 Å². The van der Waals surface area contributed by atoms with Crippen LogP contribution in [-0.2, 0) is 19.3 Å². The summed E-state index contributed by atoms with van der Waals surface area (Å²) in [7, 11) is 1.51. The van der Waals surface area contributed by atoms with Gasteiger partial charge in [0, 0.05) is 36.3 Å². The van der Waals surface area contributed by atoms with Crippen molar-refractivity contribution in [1.82, 2.24) is 14.0 Å². The smallest absolute Gasteiger partial charge is 0.342 e. The summed E-state index contributed by atoms with van der Waals surface area (Å²) >= 11 is 12.4. The molecule has 0 unspecified atom stereocenters. The second-order valence-corrected chi connectivity index (χ2v) is 9.60. The van der Waals surface area contributed by atoms with E-state index in [9.17, 15) is 22.8 Å².